The fourth-order valence-corrected chi connectivity index (χ4v) is 2.01. The maximum atomic E-state index is 11.9. The first-order valence-corrected chi connectivity index (χ1v) is 6.38. The maximum absolute atomic E-state index is 11.9. The Labute approximate surface area is 125 Å². The van der Waals surface area contributed by atoms with Crippen molar-refractivity contribution in [1.82, 2.24) is 10.6 Å². The molecule has 1 amide bonds. The fourth-order valence-electron chi connectivity index (χ4n) is 2.01. The van der Waals surface area contributed by atoms with E-state index in [9.17, 15) is 4.79 Å². The van der Waals surface area contributed by atoms with Crippen LogP contribution >= 0.6 is 12.4 Å². The monoisotopic (exact) mass is 300 g/mol. The van der Waals surface area contributed by atoms with Crippen LogP contribution in [-0.4, -0.2) is 33.2 Å². The molecule has 20 heavy (non-hydrogen) atoms. The molecule has 1 unspecified atom stereocenters. The molecule has 1 fully saturated rings. The quantitative estimate of drug-likeness (QED) is 0.866. The van der Waals surface area contributed by atoms with Crippen LogP contribution in [0.25, 0.3) is 0 Å². The van der Waals surface area contributed by atoms with Gasteiger partial charge < -0.3 is 20.1 Å². The molecule has 1 aromatic rings. The van der Waals surface area contributed by atoms with Crippen LogP contribution in [0, 0.1) is 5.92 Å². The first-order chi connectivity index (χ1) is 9.15. The molecule has 1 aliphatic heterocycles. The summed E-state index contributed by atoms with van der Waals surface area (Å²) in [6.45, 7) is 3.50. The average molecular weight is 301 g/mol. The molecule has 0 aromatic heterocycles. The smallest absolute Gasteiger partial charge is 0.226 e. The molecule has 112 valence electrons. The van der Waals surface area contributed by atoms with Crippen LogP contribution in [0.4, 0.5) is 0 Å². The highest BCUT2D eigenvalue weighted by Crippen LogP contribution is 2.29. The molecule has 0 aliphatic carbocycles. The molecule has 6 heteroatoms. The molecule has 0 saturated carbocycles. The highest BCUT2D eigenvalue weighted by atomic mass is 35.5. The number of amides is 1. The number of hydrogen-bond acceptors (Lipinski definition) is 4. The lowest BCUT2D eigenvalue weighted by Gasteiger charge is -2.27. The molecule has 2 rings (SSSR count). The van der Waals surface area contributed by atoms with Gasteiger partial charge in [0.15, 0.2) is 11.5 Å². The predicted octanol–water partition coefficient (Wildman–Crippen LogP) is 1.52. The van der Waals surface area contributed by atoms with E-state index in [0.717, 1.165) is 18.7 Å². The van der Waals surface area contributed by atoms with Gasteiger partial charge in [-0.05, 0) is 24.6 Å². The number of halogens is 1. The van der Waals surface area contributed by atoms with Gasteiger partial charge in [0.25, 0.3) is 0 Å². The van der Waals surface area contributed by atoms with Crippen molar-refractivity contribution in [2.75, 3.05) is 27.3 Å². The summed E-state index contributed by atoms with van der Waals surface area (Å²) in [6, 6.07) is 5.63. The zero-order valence-electron chi connectivity index (χ0n) is 11.9. The van der Waals surface area contributed by atoms with Gasteiger partial charge in [-0.1, -0.05) is 6.07 Å². The van der Waals surface area contributed by atoms with Gasteiger partial charge in [-0.15, -0.1) is 12.4 Å². The molecule has 1 heterocycles. The molecular weight excluding hydrogens is 280 g/mol. The van der Waals surface area contributed by atoms with Gasteiger partial charge >= 0.3 is 0 Å². The Morgan fingerprint density at radius 2 is 1.95 bits per heavy atom. The summed E-state index contributed by atoms with van der Waals surface area (Å²) < 4.78 is 10.5. The zero-order chi connectivity index (χ0) is 13.8. The highest BCUT2D eigenvalue weighted by Gasteiger charge is 2.26. The second kappa shape index (κ2) is 7.36. The molecule has 1 saturated heterocycles. The van der Waals surface area contributed by atoms with Crippen molar-refractivity contribution in [3.63, 3.8) is 0 Å². The van der Waals surface area contributed by atoms with E-state index in [1.165, 1.54) is 0 Å². The summed E-state index contributed by atoms with van der Waals surface area (Å²) >= 11 is 0. The van der Waals surface area contributed by atoms with E-state index < -0.39 is 0 Å². The van der Waals surface area contributed by atoms with Crippen LogP contribution in [0.15, 0.2) is 18.2 Å². The first-order valence-electron chi connectivity index (χ1n) is 6.38. The molecular formula is C14H21ClN2O3. The minimum absolute atomic E-state index is 0. The molecule has 0 radical (unpaired) electrons. The second-order valence-corrected chi connectivity index (χ2v) is 4.70. The molecule has 5 nitrogen and oxygen atoms in total. The number of methoxy groups -OCH3 is 2. The van der Waals surface area contributed by atoms with Crippen molar-refractivity contribution in [2.45, 2.75) is 13.0 Å². The maximum Gasteiger partial charge on any atom is 0.226 e. The third kappa shape index (κ3) is 3.55. The number of rotatable bonds is 5. The van der Waals surface area contributed by atoms with Crippen molar-refractivity contribution in [3.8, 4) is 11.5 Å². The molecule has 1 atom stereocenters. The van der Waals surface area contributed by atoms with Crippen molar-refractivity contribution in [1.29, 1.82) is 0 Å². The predicted molar refractivity (Wildman–Crippen MR) is 79.7 cm³/mol. The Morgan fingerprint density at radius 1 is 1.30 bits per heavy atom. The molecule has 0 bridgehead atoms. The Bertz CT molecular complexity index is 464. The van der Waals surface area contributed by atoms with Gasteiger partial charge in [0.05, 0.1) is 26.2 Å². The second-order valence-electron chi connectivity index (χ2n) is 4.70. The van der Waals surface area contributed by atoms with Gasteiger partial charge in [-0.3, -0.25) is 4.79 Å². The van der Waals surface area contributed by atoms with Crippen molar-refractivity contribution in [3.05, 3.63) is 23.8 Å². The van der Waals surface area contributed by atoms with Crippen LogP contribution in [-0.2, 0) is 4.79 Å². The van der Waals surface area contributed by atoms with Gasteiger partial charge in [0.1, 0.15) is 0 Å². The lowest BCUT2D eigenvalue weighted by Crippen LogP contribution is -2.51. The summed E-state index contributed by atoms with van der Waals surface area (Å²) in [5.41, 5.74) is 0.998. The fraction of sp³-hybridized carbons (Fsp3) is 0.500. The van der Waals surface area contributed by atoms with E-state index in [0.29, 0.717) is 11.5 Å². The van der Waals surface area contributed by atoms with Crippen LogP contribution in [0.3, 0.4) is 0 Å². The molecule has 1 aromatic carbocycles. The third-order valence-corrected chi connectivity index (χ3v) is 3.42. The lowest BCUT2D eigenvalue weighted by atomic mass is 10.0. The van der Waals surface area contributed by atoms with Crippen LogP contribution in [0.1, 0.15) is 18.5 Å². The molecule has 0 spiro atoms. The zero-order valence-corrected chi connectivity index (χ0v) is 12.8. The topological polar surface area (TPSA) is 59.6 Å². The van der Waals surface area contributed by atoms with Gasteiger partial charge in [-0.2, -0.15) is 0 Å². The summed E-state index contributed by atoms with van der Waals surface area (Å²) in [7, 11) is 3.21. The minimum Gasteiger partial charge on any atom is -0.493 e. The van der Waals surface area contributed by atoms with E-state index in [1.54, 1.807) is 14.2 Å². The van der Waals surface area contributed by atoms with Crippen molar-refractivity contribution in [2.24, 2.45) is 5.92 Å². The van der Waals surface area contributed by atoms with Crippen molar-refractivity contribution >= 4 is 18.3 Å². The normalized spacial score (nSPS) is 15.6. The number of ether oxygens (including phenoxy) is 2. The average Bonchev–Trinajstić information content (AvgIpc) is 2.35. The Balaban J connectivity index is 0.00000200. The number of nitrogens with one attached hydrogen (secondary N) is 2. The van der Waals surface area contributed by atoms with Crippen molar-refractivity contribution < 1.29 is 14.3 Å². The van der Waals surface area contributed by atoms with Gasteiger partial charge in [-0.25, -0.2) is 0 Å². The Hall–Kier alpha value is -1.46. The summed E-state index contributed by atoms with van der Waals surface area (Å²) in [5.74, 6) is 1.56. The van der Waals surface area contributed by atoms with E-state index in [2.05, 4.69) is 10.6 Å². The van der Waals surface area contributed by atoms with E-state index >= 15 is 0 Å². The SMILES string of the molecule is COc1ccc(C(C)NC(=O)C2CNC2)cc1OC.Cl. The highest BCUT2D eigenvalue weighted by molar-refractivity contribution is 5.85. The Morgan fingerprint density at radius 3 is 2.45 bits per heavy atom. The molecule has 1 aliphatic rings. The van der Waals surface area contributed by atoms with Crippen LogP contribution < -0.4 is 20.1 Å². The summed E-state index contributed by atoms with van der Waals surface area (Å²) in [4.78, 5) is 11.9. The third-order valence-electron chi connectivity index (χ3n) is 3.42. The Kier molecular flexibility index (Phi) is 6.10. The number of benzene rings is 1. The summed E-state index contributed by atoms with van der Waals surface area (Å²) in [5, 5.41) is 6.10. The van der Waals surface area contributed by atoms with E-state index in [4.69, 9.17) is 9.47 Å². The number of carbonyl (C=O) groups excluding carboxylic acids is 1. The van der Waals surface area contributed by atoms with Crippen LogP contribution in [0.5, 0.6) is 11.5 Å². The number of carbonyl (C=O) groups is 1. The summed E-state index contributed by atoms with van der Waals surface area (Å²) in [6.07, 6.45) is 0. The van der Waals surface area contributed by atoms with Gasteiger partial charge in [0.2, 0.25) is 5.91 Å². The van der Waals surface area contributed by atoms with Crippen LogP contribution in [0.2, 0.25) is 0 Å². The van der Waals surface area contributed by atoms with Gasteiger partial charge in [0, 0.05) is 13.1 Å². The lowest BCUT2D eigenvalue weighted by molar-refractivity contribution is -0.127. The first kappa shape index (κ1) is 16.6. The standard InChI is InChI=1S/C14H20N2O3.ClH/c1-9(16-14(17)11-7-15-8-11)10-4-5-12(18-2)13(6-10)19-3;/h4-6,9,11,15H,7-8H2,1-3H3,(H,16,17);1H. The largest absolute Gasteiger partial charge is 0.493 e. The number of hydrogen-bond donors (Lipinski definition) is 2. The minimum atomic E-state index is -0.0482. The molecule has 2 N–H and O–H groups in total. The van der Waals surface area contributed by atoms with E-state index in [-0.39, 0.29) is 30.3 Å². The van der Waals surface area contributed by atoms with E-state index in [1.807, 2.05) is 25.1 Å².